The molecule has 0 aliphatic heterocycles. The van der Waals surface area contributed by atoms with E-state index >= 15 is 0 Å². The van der Waals surface area contributed by atoms with E-state index in [4.69, 9.17) is 15.1 Å². The molecule has 4 nitrogen and oxygen atoms in total. The Morgan fingerprint density at radius 2 is 1.00 bits per heavy atom. The molecule has 0 spiro atoms. The van der Waals surface area contributed by atoms with E-state index in [0.29, 0.717) is 0 Å². The fourth-order valence-corrected chi connectivity index (χ4v) is 0. The molecule has 5 N–H and O–H groups in total. The first-order valence-electron chi connectivity index (χ1n) is 0.775. The van der Waals surface area contributed by atoms with Crippen molar-refractivity contribution >= 4 is 7.32 Å². The predicted molar refractivity (Wildman–Crippen MR) is 16.0 cm³/mol. The van der Waals surface area contributed by atoms with Gasteiger partial charge in [-0.15, -0.1) is 0 Å². The number of hydrogen-bond donors (Lipinski definition) is 3. The molecule has 0 heterocycles. The minimum Gasteiger partial charge on any atom is -0.412 e. The van der Waals surface area contributed by atoms with E-state index in [1.54, 1.807) is 0 Å². The molecule has 0 aromatic carbocycles. The van der Waals surface area contributed by atoms with Crippen molar-refractivity contribution in [1.82, 2.24) is 0 Å². The van der Waals surface area contributed by atoms with Gasteiger partial charge in [-0.05, 0) is 0 Å². The van der Waals surface area contributed by atoms with Crippen LogP contribution in [0.2, 0.25) is 0 Å². The van der Waals surface area contributed by atoms with Crippen LogP contribution in [-0.4, -0.2) is 27.9 Å². The third kappa shape index (κ3) is 202. The zero-order valence-electron chi connectivity index (χ0n) is 3.13. The molecule has 0 aromatic rings. The minimum absolute atomic E-state index is 0. The molecule has 6 heavy (non-hydrogen) atoms. The van der Waals surface area contributed by atoms with Crippen molar-refractivity contribution in [2.24, 2.45) is 0 Å². The van der Waals surface area contributed by atoms with Crippen molar-refractivity contribution in [2.75, 3.05) is 0 Å². The number of rotatable bonds is 0. The maximum atomic E-state index is 7.17. The first kappa shape index (κ1) is 16.0. The Morgan fingerprint density at radius 3 is 1.00 bits per heavy atom. The maximum Gasteiger partial charge on any atom is 0.631 e. The second kappa shape index (κ2) is 9.11. The molecule has 0 saturated heterocycles. The molecular formula is H5BO4Zn. The number of hydrogen-bond acceptors (Lipinski definition) is 3. The zero-order chi connectivity index (χ0) is 3.58. The molecule has 0 fully saturated rings. The Hall–Kier alpha value is 0.528. The van der Waals surface area contributed by atoms with Gasteiger partial charge in [0, 0.05) is 19.5 Å². The van der Waals surface area contributed by atoms with Crippen LogP contribution >= 0.6 is 0 Å². The summed E-state index contributed by atoms with van der Waals surface area (Å²) in [6.45, 7) is 0. The summed E-state index contributed by atoms with van der Waals surface area (Å²) in [5, 5.41) is 21.5. The smallest absolute Gasteiger partial charge is 0.412 e. The Kier molecular flexibility index (Phi) is 24.3. The van der Waals surface area contributed by atoms with Gasteiger partial charge in [0.05, 0.1) is 0 Å². The van der Waals surface area contributed by atoms with Gasteiger partial charge in [0.1, 0.15) is 0 Å². The fourth-order valence-electron chi connectivity index (χ4n) is 0. The Balaban J connectivity index is -0.0000000450. The first-order valence-corrected chi connectivity index (χ1v) is 0.775. The van der Waals surface area contributed by atoms with E-state index in [0.717, 1.165) is 0 Å². The quantitative estimate of drug-likeness (QED) is 0.320. The van der Waals surface area contributed by atoms with Crippen LogP contribution in [0.4, 0.5) is 0 Å². The van der Waals surface area contributed by atoms with E-state index in [-0.39, 0.29) is 25.0 Å². The van der Waals surface area contributed by atoms with Crippen molar-refractivity contribution in [3.63, 3.8) is 0 Å². The fraction of sp³-hybridized carbons (Fsp3) is 0. The SMILES string of the molecule is O.OB(O)O.[Zn]. The molecule has 0 radical (unpaired) electrons. The summed E-state index contributed by atoms with van der Waals surface area (Å²) in [6.07, 6.45) is 0. The van der Waals surface area contributed by atoms with Crippen LogP contribution in [0.25, 0.3) is 0 Å². The van der Waals surface area contributed by atoms with Crippen LogP contribution < -0.4 is 0 Å². The van der Waals surface area contributed by atoms with Crippen molar-refractivity contribution in [3.8, 4) is 0 Å². The molecule has 0 amide bonds. The summed E-state index contributed by atoms with van der Waals surface area (Å²) in [6, 6.07) is 0. The van der Waals surface area contributed by atoms with Gasteiger partial charge in [0.2, 0.25) is 0 Å². The van der Waals surface area contributed by atoms with Crippen molar-refractivity contribution in [1.29, 1.82) is 0 Å². The van der Waals surface area contributed by atoms with Crippen LogP contribution in [0.3, 0.4) is 0 Å². The average molecular weight is 145 g/mol. The zero-order valence-corrected chi connectivity index (χ0v) is 6.09. The molecule has 6 heteroatoms. The second-order valence-electron chi connectivity index (χ2n) is 0.346. The maximum absolute atomic E-state index is 7.17. The molecular weight excluding hydrogens is 140 g/mol. The third-order valence-electron chi connectivity index (χ3n) is 0. The summed E-state index contributed by atoms with van der Waals surface area (Å²) in [4.78, 5) is 0. The molecule has 0 aromatic heterocycles. The summed E-state index contributed by atoms with van der Waals surface area (Å²) in [5.41, 5.74) is 0. The normalized spacial score (nSPS) is 4.50. The van der Waals surface area contributed by atoms with Crippen LogP contribution in [-0.2, 0) is 19.5 Å². The van der Waals surface area contributed by atoms with Gasteiger partial charge in [-0.25, -0.2) is 0 Å². The average Bonchev–Trinajstić information content (AvgIpc) is 0.811. The minimum atomic E-state index is -2.17. The third-order valence-corrected chi connectivity index (χ3v) is 0. The van der Waals surface area contributed by atoms with Gasteiger partial charge in [0.15, 0.2) is 0 Å². The molecule has 0 aliphatic carbocycles. The van der Waals surface area contributed by atoms with Gasteiger partial charge in [-0.2, -0.15) is 0 Å². The van der Waals surface area contributed by atoms with Crippen molar-refractivity contribution in [2.45, 2.75) is 0 Å². The van der Waals surface area contributed by atoms with E-state index in [1.165, 1.54) is 0 Å². The second-order valence-corrected chi connectivity index (χ2v) is 0.346. The Bertz CT molecular complexity index is 12.3. The van der Waals surface area contributed by atoms with E-state index in [9.17, 15) is 0 Å². The Labute approximate surface area is 48.0 Å². The van der Waals surface area contributed by atoms with Gasteiger partial charge < -0.3 is 20.5 Å². The van der Waals surface area contributed by atoms with Gasteiger partial charge in [0.25, 0.3) is 0 Å². The van der Waals surface area contributed by atoms with Crippen molar-refractivity contribution in [3.05, 3.63) is 0 Å². The van der Waals surface area contributed by atoms with Gasteiger partial charge >= 0.3 is 7.32 Å². The molecule has 0 saturated carbocycles. The summed E-state index contributed by atoms with van der Waals surface area (Å²) < 4.78 is 0. The van der Waals surface area contributed by atoms with E-state index < -0.39 is 7.32 Å². The van der Waals surface area contributed by atoms with Crippen LogP contribution in [0, 0.1) is 0 Å². The Morgan fingerprint density at radius 1 is 1.00 bits per heavy atom. The largest absolute Gasteiger partial charge is 0.631 e. The summed E-state index contributed by atoms with van der Waals surface area (Å²) in [5.74, 6) is 0. The van der Waals surface area contributed by atoms with Gasteiger partial charge in [-0.1, -0.05) is 0 Å². The van der Waals surface area contributed by atoms with Gasteiger partial charge in [-0.3, -0.25) is 0 Å². The molecule has 34 valence electrons. The van der Waals surface area contributed by atoms with E-state index in [1.807, 2.05) is 0 Å². The standard InChI is InChI=1S/BH3O3.H2O.Zn/c2-1(3)4;;/h2-4H;1H2;. The molecule has 0 bridgehead atoms. The topological polar surface area (TPSA) is 92.2 Å². The predicted octanol–water partition coefficient (Wildman–Crippen LogP) is -2.88. The van der Waals surface area contributed by atoms with E-state index in [2.05, 4.69) is 0 Å². The van der Waals surface area contributed by atoms with Crippen LogP contribution in [0.15, 0.2) is 0 Å². The van der Waals surface area contributed by atoms with Crippen LogP contribution in [0.1, 0.15) is 0 Å². The summed E-state index contributed by atoms with van der Waals surface area (Å²) >= 11 is 0. The molecule has 0 unspecified atom stereocenters. The summed E-state index contributed by atoms with van der Waals surface area (Å²) in [7, 11) is -2.17. The molecule has 0 aliphatic rings. The molecule has 0 atom stereocenters. The van der Waals surface area contributed by atoms with Crippen molar-refractivity contribution < 1.29 is 40.0 Å². The van der Waals surface area contributed by atoms with Crippen LogP contribution in [0.5, 0.6) is 0 Å². The first-order chi connectivity index (χ1) is 1.73. The monoisotopic (exact) mass is 144 g/mol. The molecule has 0 rings (SSSR count).